The second-order valence-electron chi connectivity index (χ2n) is 7.29. The maximum Gasteiger partial charge on any atom is 0.358 e. The van der Waals surface area contributed by atoms with Crippen LogP contribution in [-0.4, -0.2) is 28.3 Å². The lowest BCUT2D eigenvalue weighted by Gasteiger charge is -2.13. The van der Waals surface area contributed by atoms with Crippen LogP contribution in [0.25, 0.3) is 16.9 Å². The van der Waals surface area contributed by atoms with Crippen LogP contribution in [0.5, 0.6) is 0 Å². The number of aromatic nitrogens is 2. The average molecular weight is 423 g/mol. The minimum absolute atomic E-state index is 0.0511. The van der Waals surface area contributed by atoms with E-state index in [9.17, 15) is 14.0 Å². The number of hydrogen-bond donors (Lipinski definition) is 1. The molecule has 7 heteroatoms. The number of esters is 1. The number of benzene rings is 2. The number of rotatable bonds is 8. The molecule has 6 nitrogen and oxygen atoms in total. The molecule has 0 aliphatic rings. The lowest BCUT2D eigenvalue weighted by molar-refractivity contribution is -0.119. The molecule has 0 fully saturated rings. The molecular weight excluding hydrogens is 397 g/mol. The van der Waals surface area contributed by atoms with E-state index >= 15 is 0 Å². The third kappa shape index (κ3) is 5.36. The van der Waals surface area contributed by atoms with Crippen molar-refractivity contribution in [3.8, 4) is 16.9 Å². The van der Waals surface area contributed by atoms with Crippen molar-refractivity contribution in [3.05, 3.63) is 66.1 Å². The molecule has 0 radical (unpaired) electrons. The molecule has 0 aliphatic heterocycles. The highest BCUT2D eigenvalue weighted by atomic mass is 19.1. The number of nitrogens with zero attached hydrogens (tertiary/aromatic N) is 2. The molecule has 1 heterocycles. The predicted octanol–water partition coefficient (Wildman–Crippen LogP) is 5.23. The van der Waals surface area contributed by atoms with Gasteiger partial charge in [0.1, 0.15) is 5.82 Å². The summed E-state index contributed by atoms with van der Waals surface area (Å²) in [7, 11) is 0. The van der Waals surface area contributed by atoms with Crippen LogP contribution < -0.4 is 5.32 Å². The van der Waals surface area contributed by atoms with Crippen molar-refractivity contribution in [2.24, 2.45) is 5.92 Å². The smallest absolute Gasteiger partial charge is 0.358 e. The zero-order chi connectivity index (χ0) is 22.4. The fraction of sp³-hybridized carbons (Fsp3) is 0.292. The van der Waals surface area contributed by atoms with Crippen molar-refractivity contribution in [1.29, 1.82) is 0 Å². The van der Waals surface area contributed by atoms with Gasteiger partial charge in [0, 0.05) is 17.2 Å². The van der Waals surface area contributed by atoms with Crippen molar-refractivity contribution < 1.29 is 18.7 Å². The first-order valence-corrected chi connectivity index (χ1v) is 10.4. The summed E-state index contributed by atoms with van der Waals surface area (Å²) in [6.07, 6.45) is 1.73. The van der Waals surface area contributed by atoms with E-state index in [1.165, 1.54) is 16.8 Å². The monoisotopic (exact) mass is 423 g/mol. The topological polar surface area (TPSA) is 73.2 Å². The zero-order valence-corrected chi connectivity index (χ0v) is 17.9. The zero-order valence-electron chi connectivity index (χ0n) is 17.9. The van der Waals surface area contributed by atoms with Crippen LogP contribution >= 0.6 is 0 Å². The SMILES string of the molecule is CCC[C@@H](C)C(=O)Nc1cccc(-c2cc(C(=O)OCC)nn2-c2cccc(F)c2)c1. The number of carbonyl (C=O) groups excluding carboxylic acids is 2. The Morgan fingerprint density at radius 3 is 2.61 bits per heavy atom. The normalized spacial score (nSPS) is 11.7. The fourth-order valence-corrected chi connectivity index (χ4v) is 3.28. The first-order valence-electron chi connectivity index (χ1n) is 10.4. The van der Waals surface area contributed by atoms with Crippen LogP contribution in [0.1, 0.15) is 44.1 Å². The van der Waals surface area contributed by atoms with Gasteiger partial charge in [0.15, 0.2) is 5.69 Å². The van der Waals surface area contributed by atoms with Gasteiger partial charge in [-0.2, -0.15) is 5.10 Å². The Morgan fingerprint density at radius 2 is 1.90 bits per heavy atom. The Balaban J connectivity index is 2.01. The summed E-state index contributed by atoms with van der Waals surface area (Å²) in [6.45, 7) is 5.87. The molecule has 0 spiro atoms. The molecule has 31 heavy (non-hydrogen) atoms. The van der Waals surface area contributed by atoms with Crippen molar-refractivity contribution in [3.63, 3.8) is 0 Å². The van der Waals surface area contributed by atoms with E-state index < -0.39 is 11.8 Å². The number of carbonyl (C=O) groups is 2. The van der Waals surface area contributed by atoms with E-state index in [0.717, 1.165) is 12.8 Å². The number of amides is 1. The van der Waals surface area contributed by atoms with E-state index in [2.05, 4.69) is 10.4 Å². The van der Waals surface area contributed by atoms with Gasteiger partial charge >= 0.3 is 5.97 Å². The van der Waals surface area contributed by atoms with Gasteiger partial charge in [0.2, 0.25) is 5.91 Å². The molecule has 1 N–H and O–H groups in total. The standard InChI is InChI=1S/C24H26FN3O3/c1-4-8-16(3)23(29)26-19-11-6-9-17(13-19)22-15-21(24(30)31-5-2)27-28(22)20-12-7-10-18(25)14-20/h6-7,9-16H,4-5,8H2,1-3H3,(H,26,29)/t16-/m1/s1. The fourth-order valence-electron chi connectivity index (χ4n) is 3.28. The summed E-state index contributed by atoms with van der Waals surface area (Å²) >= 11 is 0. The quantitative estimate of drug-likeness (QED) is 0.504. The highest BCUT2D eigenvalue weighted by molar-refractivity contribution is 5.93. The van der Waals surface area contributed by atoms with Crippen molar-refractivity contribution in [2.75, 3.05) is 11.9 Å². The van der Waals surface area contributed by atoms with Gasteiger partial charge in [0.05, 0.1) is 18.0 Å². The van der Waals surface area contributed by atoms with Gasteiger partial charge in [0.25, 0.3) is 0 Å². The van der Waals surface area contributed by atoms with Crippen molar-refractivity contribution >= 4 is 17.6 Å². The first kappa shape index (κ1) is 22.2. The maximum atomic E-state index is 13.8. The molecule has 3 rings (SSSR count). The minimum atomic E-state index is -0.559. The molecule has 1 amide bonds. The highest BCUT2D eigenvalue weighted by Crippen LogP contribution is 2.27. The number of ether oxygens (including phenoxy) is 1. The van der Waals surface area contributed by atoms with E-state index in [1.54, 1.807) is 37.3 Å². The lowest BCUT2D eigenvalue weighted by Crippen LogP contribution is -2.20. The Hall–Kier alpha value is -3.48. The Kier molecular flexibility index (Phi) is 7.18. The van der Waals surface area contributed by atoms with Crippen LogP contribution in [0, 0.1) is 11.7 Å². The molecule has 162 valence electrons. The Morgan fingerprint density at radius 1 is 1.13 bits per heavy atom. The third-order valence-corrected chi connectivity index (χ3v) is 4.84. The van der Waals surface area contributed by atoms with Crippen LogP contribution in [0.4, 0.5) is 10.1 Å². The summed E-state index contributed by atoms with van der Waals surface area (Å²) in [5.74, 6) is -1.12. The minimum Gasteiger partial charge on any atom is -0.461 e. The molecule has 1 atom stereocenters. The lowest BCUT2D eigenvalue weighted by atomic mass is 10.0. The number of nitrogens with one attached hydrogen (secondary N) is 1. The summed E-state index contributed by atoms with van der Waals surface area (Å²) in [4.78, 5) is 24.7. The number of hydrogen-bond acceptors (Lipinski definition) is 4. The van der Waals surface area contributed by atoms with Crippen LogP contribution in [-0.2, 0) is 9.53 Å². The predicted molar refractivity (Wildman–Crippen MR) is 118 cm³/mol. The Bertz CT molecular complexity index is 1080. The number of anilines is 1. The summed E-state index contributed by atoms with van der Waals surface area (Å²) in [6, 6.07) is 14.8. The van der Waals surface area contributed by atoms with Gasteiger partial charge < -0.3 is 10.1 Å². The van der Waals surface area contributed by atoms with Crippen LogP contribution in [0.2, 0.25) is 0 Å². The number of halogens is 1. The van der Waals surface area contributed by atoms with Crippen molar-refractivity contribution in [2.45, 2.75) is 33.6 Å². The van der Waals surface area contributed by atoms with E-state index in [4.69, 9.17) is 4.74 Å². The second-order valence-corrected chi connectivity index (χ2v) is 7.29. The van der Waals surface area contributed by atoms with Crippen molar-refractivity contribution in [1.82, 2.24) is 9.78 Å². The van der Waals surface area contributed by atoms with Gasteiger partial charge in [-0.15, -0.1) is 0 Å². The molecule has 0 saturated heterocycles. The molecule has 0 unspecified atom stereocenters. The van der Waals surface area contributed by atoms with Gasteiger partial charge in [-0.05, 0) is 49.7 Å². The summed E-state index contributed by atoms with van der Waals surface area (Å²) in [5.41, 5.74) is 2.51. The van der Waals surface area contributed by atoms with Crippen LogP contribution in [0.15, 0.2) is 54.6 Å². The molecule has 3 aromatic rings. The highest BCUT2D eigenvalue weighted by Gasteiger charge is 2.19. The van der Waals surface area contributed by atoms with Gasteiger partial charge in [-0.1, -0.05) is 38.5 Å². The molecular formula is C24H26FN3O3. The molecule has 0 aliphatic carbocycles. The molecule has 2 aromatic carbocycles. The summed E-state index contributed by atoms with van der Waals surface area (Å²) in [5, 5.41) is 7.28. The largest absolute Gasteiger partial charge is 0.461 e. The molecule has 0 saturated carbocycles. The first-order chi connectivity index (χ1) is 14.9. The maximum absolute atomic E-state index is 13.8. The van der Waals surface area contributed by atoms with E-state index in [1.807, 2.05) is 26.0 Å². The van der Waals surface area contributed by atoms with E-state index in [-0.39, 0.29) is 24.1 Å². The van der Waals surface area contributed by atoms with Gasteiger partial charge in [-0.25, -0.2) is 13.9 Å². The van der Waals surface area contributed by atoms with Crippen LogP contribution in [0.3, 0.4) is 0 Å². The molecule has 1 aromatic heterocycles. The molecule has 0 bridgehead atoms. The van der Waals surface area contributed by atoms with Gasteiger partial charge in [-0.3, -0.25) is 4.79 Å². The summed E-state index contributed by atoms with van der Waals surface area (Å²) < 4.78 is 20.4. The average Bonchev–Trinajstić information content (AvgIpc) is 3.20. The Labute approximate surface area is 181 Å². The van der Waals surface area contributed by atoms with E-state index in [0.29, 0.717) is 22.6 Å². The second kappa shape index (κ2) is 10.0. The third-order valence-electron chi connectivity index (χ3n) is 4.84.